The summed E-state index contributed by atoms with van der Waals surface area (Å²) < 4.78 is 6.97. The summed E-state index contributed by atoms with van der Waals surface area (Å²) in [7, 11) is 0. The van der Waals surface area contributed by atoms with Crippen molar-refractivity contribution in [2.75, 3.05) is 0 Å². The Kier molecular flexibility index (Phi) is 5.51. The second-order valence-corrected chi connectivity index (χ2v) is 6.05. The van der Waals surface area contributed by atoms with Gasteiger partial charge in [-0.2, -0.15) is 0 Å². The highest BCUT2D eigenvalue weighted by Crippen LogP contribution is 2.36. The zero-order valence-corrected chi connectivity index (χ0v) is 13.8. The third-order valence-electron chi connectivity index (χ3n) is 4.06. The molecule has 4 heteroatoms. The van der Waals surface area contributed by atoms with Gasteiger partial charge in [0.2, 0.25) is 0 Å². The Balaban J connectivity index is 2.35. The number of aromatic nitrogens is 1. The molecule has 0 bridgehead atoms. The van der Waals surface area contributed by atoms with Gasteiger partial charge in [0.15, 0.2) is 5.58 Å². The zero-order chi connectivity index (χ0) is 15.4. The Bertz CT molecular complexity index is 638. The average molecular weight is 310 g/mol. The van der Waals surface area contributed by atoms with E-state index in [1.165, 1.54) is 0 Å². The smallest absolute Gasteiger partial charge is 0.408 e. The number of benzene rings is 1. The van der Waals surface area contributed by atoms with Gasteiger partial charge in [-0.05, 0) is 43.4 Å². The maximum Gasteiger partial charge on any atom is 0.419 e. The SMILES string of the molecule is CCCC(CCC)C(Cl)c1ccc2c(c1)oc(=O)n2CC. The van der Waals surface area contributed by atoms with Crippen LogP contribution in [0.4, 0.5) is 0 Å². The molecule has 1 unspecified atom stereocenters. The summed E-state index contributed by atoms with van der Waals surface area (Å²) in [5.41, 5.74) is 2.53. The molecular weight excluding hydrogens is 286 g/mol. The molecule has 1 atom stereocenters. The summed E-state index contributed by atoms with van der Waals surface area (Å²) >= 11 is 6.68. The summed E-state index contributed by atoms with van der Waals surface area (Å²) in [6, 6.07) is 5.90. The van der Waals surface area contributed by atoms with Crippen LogP contribution in [0.15, 0.2) is 27.4 Å². The molecule has 0 aliphatic rings. The molecular formula is C17H24ClNO2. The van der Waals surface area contributed by atoms with Crippen molar-refractivity contribution in [2.24, 2.45) is 5.92 Å². The van der Waals surface area contributed by atoms with Crippen LogP contribution in [0, 0.1) is 5.92 Å². The van der Waals surface area contributed by atoms with Crippen LogP contribution in [0.1, 0.15) is 57.4 Å². The van der Waals surface area contributed by atoms with Crippen molar-refractivity contribution in [3.8, 4) is 0 Å². The van der Waals surface area contributed by atoms with Gasteiger partial charge in [0.05, 0.1) is 10.9 Å². The third-order valence-corrected chi connectivity index (χ3v) is 4.67. The van der Waals surface area contributed by atoms with Gasteiger partial charge in [-0.15, -0.1) is 11.6 Å². The second kappa shape index (κ2) is 7.17. The zero-order valence-electron chi connectivity index (χ0n) is 13.1. The van der Waals surface area contributed by atoms with Gasteiger partial charge in [0.25, 0.3) is 0 Å². The molecule has 116 valence electrons. The predicted octanol–water partition coefficient (Wildman–Crippen LogP) is 5.11. The lowest BCUT2D eigenvalue weighted by atomic mass is 9.90. The van der Waals surface area contributed by atoms with E-state index in [1.54, 1.807) is 4.57 Å². The lowest BCUT2D eigenvalue weighted by Crippen LogP contribution is -2.12. The number of oxazole rings is 1. The van der Waals surface area contributed by atoms with Crippen LogP contribution in [-0.2, 0) is 6.54 Å². The van der Waals surface area contributed by atoms with Gasteiger partial charge in [-0.1, -0.05) is 32.8 Å². The summed E-state index contributed by atoms with van der Waals surface area (Å²) in [5.74, 6) is 0.175. The number of aryl methyl sites for hydroxylation is 1. The van der Waals surface area contributed by atoms with E-state index >= 15 is 0 Å². The topological polar surface area (TPSA) is 35.1 Å². The molecule has 2 aromatic rings. The maximum absolute atomic E-state index is 11.8. The lowest BCUT2D eigenvalue weighted by molar-refractivity contribution is 0.426. The number of fused-ring (bicyclic) bond motifs is 1. The van der Waals surface area contributed by atoms with Crippen LogP contribution in [-0.4, -0.2) is 4.57 Å². The summed E-state index contributed by atoms with van der Waals surface area (Å²) in [6.45, 7) is 6.93. The Hall–Kier alpha value is -1.22. The molecule has 0 aliphatic carbocycles. The minimum atomic E-state index is -0.297. The van der Waals surface area contributed by atoms with Gasteiger partial charge >= 0.3 is 5.76 Å². The molecule has 0 spiro atoms. The van der Waals surface area contributed by atoms with Crippen molar-refractivity contribution in [1.82, 2.24) is 4.57 Å². The first-order valence-corrected chi connectivity index (χ1v) is 8.33. The van der Waals surface area contributed by atoms with Crippen molar-refractivity contribution >= 4 is 22.7 Å². The summed E-state index contributed by atoms with van der Waals surface area (Å²) in [4.78, 5) is 11.8. The van der Waals surface area contributed by atoms with Crippen molar-refractivity contribution in [3.63, 3.8) is 0 Å². The molecule has 3 nitrogen and oxygen atoms in total. The number of halogens is 1. The van der Waals surface area contributed by atoms with E-state index in [0.717, 1.165) is 36.8 Å². The Labute approximate surface area is 130 Å². The van der Waals surface area contributed by atoms with Crippen LogP contribution in [0.3, 0.4) is 0 Å². The van der Waals surface area contributed by atoms with Gasteiger partial charge in [0.1, 0.15) is 0 Å². The average Bonchev–Trinajstić information content (AvgIpc) is 2.80. The monoisotopic (exact) mass is 309 g/mol. The molecule has 0 fully saturated rings. The molecule has 0 radical (unpaired) electrons. The Morgan fingerprint density at radius 3 is 2.43 bits per heavy atom. The second-order valence-electron chi connectivity index (χ2n) is 5.58. The quantitative estimate of drug-likeness (QED) is 0.666. The minimum absolute atomic E-state index is 0.0235. The van der Waals surface area contributed by atoms with Gasteiger partial charge < -0.3 is 4.42 Å². The molecule has 0 N–H and O–H groups in total. The number of rotatable bonds is 7. The van der Waals surface area contributed by atoms with Crippen molar-refractivity contribution in [3.05, 3.63) is 34.3 Å². The first kappa shape index (κ1) is 16.2. The molecule has 0 aliphatic heterocycles. The first-order valence-electron chi connectivity index (χ1n) is 7.89. The minimum Gasteiger partial charge on any atom is -0.408 e. The molecule has 0 saturated heterocycles. The largest absolute Gasteiger partial charge is 0.419 e. The van der Waals surface area contributed by atoms with E-state index < -0.39 is 0 Å². The van der Waals surface area contributed by atoms with E-state index in [9.17, 15) is 4.79 Å². The number of hydrogen-bond donors (Lipinski definition) is 0. The van der Waals surface area contributed by atoms with Crippen LogP contribution < -0.4 is 5.76 Å². The number of nitrogens with zero attached hydrogens (tertiary/aromatic N) is 1. The van der Waals surface area contributed by atoms with E-state index in [4.69, 9.17) is 16.0 Å². The summed E-state index contributed by atoms with van der Waals surface area (Å²) in [5, 5.41) is -0.0235. The number of alkyl halides is 1. The standard InChI is InChI=1S/C17H24ClNO2/c1-4-7-12(8-5-2)16(18)13-9-10-14-15(11-13)21-17(20)19(14)6-3/h9-12,16H,4-8H2,1-3H3. The van der Waals surface area contributed by atoms with E-state index in [2.05, 4.69) is 13.8 Å². The van der Waals surface area contributed by atoms with Crippen LogP contribution in [0.25, 0.3) is 11.1 Å². The fourth-order valence-corrected chi connectivity index (χ4v) is 3.39. The van der Waals surface area contributed by atoms with Gasteiger partial charge in [0, 0.05) is 6.54 Å². The summed E-state index contributed by atoms with van der Waals surface area (Å²) in [6.07, 6.45) is 4.52. The van der Waals surface area contributed by atoms with Crippen molar-refractivity contribution in [2.45, 2.75) is 58.4 Å². The van der Waals surface area contributed by atoms with Gasteiger partial charge in [-0.25, -0.2) is 4.79 Å². The van der Waals surface area contributed by atoms with E-state index in [-0.39, 0.29) is 11.1 Å². The van der Waals surface area contributed by atoms with E-state index in [1.807, 2.05) is 25.1 Å². The van der Waals surface area contributed by atoms with Gasteiger partial charge in [-0.3, -0.25) is 4.57 Å². The van der Waals surface area contributed by atoms with E-state index in [0.29, 0.717) is 18.0 Å². The van der Waals surface area contributed by atoms with Crippen LogP contribution in [0.2, 0.25) is 0 Å². The molecule has 1 heterocycles. The first-order chi connectivity index (χ1) is 10.1. The highest BCUT2D eigenvalue weighted by Gasteiger charge is 2.21. The third kappa shape index (κ3) is 3.34. The van der Waals surface area contributed by atoms with Crippen LogP contribution >= 0.6 is 11.6 Å². The fourth-order valence-electron chi connectivity index (χ4n) is 3.00. The molecule has 0 saturated carbocycles. The lowest BCUT2D eigenvalue weighted by Gasteiger charge is -2.21. The molecule has 0 amide bonds. The molecule has 1 aromatic heterocycles. The molecule has 2 rings (SSSR count). The Morgan fingerprint density at radius 2 is 1.86 bits per heavy atom. The van der Waals surface area contributed by atoms with Crippen molar-refractivity contribution in [1.29, 1.82) is 0 Å². The highest BCUT2D eigenvalue weighted by atomic mass is 35.5. The predicted molar refractivity (Wildman–Crippen MR) is 88.0 cm³/mol. The number of hydrogen-bond acceptors (Lipinski definition) is 2. The normalized spacial score (nSPS) is 13.2. The highest BCUT2D eigenvalue weighted by molar-refractivity contribution is 6.21. The maximum atomic E-state index is 11.8. The van der Waals surface area contributed by atoms with Crippen LogP contribution in [0.5, 0.6) is 0 Å². The molecule has 1 aromatic carbocycles. The van der Waals surface area contributed by atoms with Crippen molar-refractivity contribution < 1.29 is 4.42 Å². The fraction of sp³-hybridized carbons (Fsp3) is 0.588. The Morgan fingerprint density at radius 1 is 1.19 bits per heavy atom. The molecule has 21 heavy (non-hydrogen) atoms.